The largest absolute Gasteiger partial charge is 0.494 e. The summed E-state index contributed by atoms with van der Waals surface area (Å²) in [5, 5.41) is 11.4. The van der Waals surface area contributed by atoms with Gasteiger partial charge in [-0.2, -0.15) is 0 Å². The number of nitrogens with one attached hydrogen (secondary N) is 1. The second-order valence-electron chi connectivity index (χ2n) is 3.38. The van der Waals surface area contributed by atoms with Gasteiger partial charge >= 0.3 is 0 Å². The molecule has 0 fully saturated rings. The number of aliphatic hydroxyl groups is 1. The van der Waals surface area contributed by atoms with Crippen molar-refractivity contribution in [2.75, 3.05) is 13.7 Å². The molecule has 1 aromatic carbocycles. The first-order valence-electron chi connectivity index (χ1n) is 4.85. The Bertz CT molecular complexity index is 379. The van der Waals surface area contributed by atoms with E-state index in [0.717, 1.165) is 0 Å². The number of hydrogen-bond donors (Lipinski definition) is 2. The van der Waals surface area contributed by atoms with E-state index in [2.05, 4.69) is 5.32 Å². The van der Waals surface area contributed by atoms with Gasteiger partial charge in [0.05, 0.1) is 18.8 Å². The quantitative estimate of drug-likeness (QED) is 0.805. The van der Waals surface area contributed by atoms with E-state index >= 15 is 0 Å². The molecule has 0 bridgehead atoms. The van der Waals surface area contributed by atoms with Crippen LogP contribution in [0.4, 0.5) is 4.39 Å². The zero-order valence-corrected chi connectivity index (χ0v) is 9.16. The van der Waals surface area contributed by atoms with E-state index in [4.69, 9.17) is 9.84 Å². The molecule has 0 aromatic heterocycles. The van der Waals surface area contributed by atoms with Crippen LogP contribution in [0.5, 0.6) is 5.75 Å². The highest BCUT2D eigenvalue weighted by atomic mass is 19.1. The Morgan fingerprint density at radius 3 is 2.88 bits per heavy atom. The van der Waals surface area contributed by atoms with E-state index in [1.54, 1.807) is 0 Å². The molecule has 1 aromatic rings. The summed E-state index contributed by atoms with van der Waals surface area (Å²) in [6.07, 6.45) is -0.669. The lowest BCUT2D eigenvalue weighted by molar-refractivity contribution is 0.0919. The molecule has 0 aliphatic carbocycles. The number of carbonyl (C=O) groups is 1. The molecule has 0 aliphatic rings. The fourth-order valence-electron chi connectivity index (χ4n) is 1.18. The van der Waals surface area contributed by atoms with Crippen molar-refractivity contribution in [3.8, 4) is 5.75 Å². The third-order valence-electron chi connectivity index (χ3n) is 1.99. The monoisotopic (exact) mass is 227 g/mol. The van der Waals surface area contributed by atoms with Gasteiger partial charge in [-0.1, -0.05) is 6.07 Å². The number of amides is 1. The minimum atomic E-state index is -0.701. The maximum Gasteiger partial charge on any atom is 0.254 e. The van der Waals surface area contributed by atoms with Crippen LogP contribution in [-0.2, 0) is 0 Å². The van der Waals surface area contributed by atoms with E-state index in [9.17, 15) is 9.18 Å². The van der Waals surface area contributed by atoms with Crippen molar-refractivity contribution < 1.29 is 19.0 Å². The highest BCUT2D eigenvalue weighted by Crippen LogP contribution is 2.19. The summed E-state index contributed by atoms with van der Waals surface area (Å²) in [6.45, 7) is 1.61. The lowest BCUT2D eigenvalue weighted by Crippen LogP contribution is -2.31. The molecule has 0 heterocycles. The van der Waals surface area contributed by atoms with Crippen LogP contribution in [0.1, 0.15) is 17.3 Å². The van der Waals surface area contributed by atoms with Gasteiger partial charge in [0.25, 0.3) is 5.91 Å². The second-order valence-corrected chi connectivity index (χ2v) is 3.38. The molecule has 4 nitrogen and oxygen atoms in total. The fourth-order valence-corrected chi connectivity index (χ4v) is 1.18. The molecular weight excluding hydrogens is 213 g/mol. The molecule has 2 N–H and O–H groups in total. The summed E-state index contributed by atoms with van der Waals surface area (Å²) in [5.74, 6) is -1.25. The predicted molar refractivity (Wildman–Crippen MR) is 57.0 cm³/mol. The van der Waals surface area contributed by atoms with E-state index in [1.165, 1.54) is 32.2 Å². The van der Waals surface area contributed by atoms with E-state index < -0.39 is 17.8 Å². The van der Waals surface area contributed by atoms with Crippen LogP contribution in [0.25, 0.3) is 0 Å². The molecule has 0 radical (unpaired) electrons. The zero-order valence-electron chi connectivity index (χ0n) is 9.16. The van der Waals surface area contributed by atoms with Gasteiger partial charge in [-0.15, -0.1) is 0 Å². The van der Waals surface area contributed by atoms with E-state index in [0.29, 0.717) is 0 Å². The molecule has 0 saturated carbocycles. The van der Waals surface area contributed by atoms with Gasteiger partial charge in [0.1, 0.15) is 0 Å². The second kappa shape index (κ2) is 5.46. The van der Waals surface area contributed by atoms with Crippen LogP contribution >= 0.6 is 0 Å². The molecule has 0 saturated heterocycles. The average molecular weight is 227 g/mol. The highest BCUT2D eigenvalue weighted by Gasteiger charge is 2.15. The number of halogens is 1. The first-order chi connectivity index (χ1) is 7.56. The minimum absolute atomic E-state index is 0.0182. The zero-order chi connectivity index (χ0) is 12.1. The van der Waals surface area contributed by atoms with Crippen molar-refractivity contribution in [1.82, 2.24) is 5.32 Å². The number of rotatable bonds is 4. The normalized spacial score (nSPS) is 12.0. The molecule has 1 unspecified atom stereocenters. The summed E-state index contributed by atoms with van der Waals surface area (Å²) >= 11 is 0. The standard InChI is InChI=1S/C11H14FNO3/c1-7(14)6-13-11(15)8-4-3-5-9(16-2)10(8)12/h3-5,7,14H,6H2,1-2H3,(H,13,15). The van der Waals surface area contributed by atoms with Gasteiger partial charge in [-0.3, -0.25) is 4.79 Å². The Balaban J connectivity index is 2.83. The van der Waals surface area contributed by atoms with E-state index in [1.807, 2.05) is 0 Å². The third-order valence-corrected chi connectivity index (χ3v) is 1.99. The van der Waals surface area contributed by atoms with Gasteiger partial charge in [0.15, 0.2) is 11.6 Å². The van der Waals surface area contributed by atoms with Crippen LogP contribution in [0.3, 0.4) is 0 Å². The third kappa shape index (κ3) is 2.93. The summed E-state index contributed by atoms with van der Waals surface area (Å²) < 4.78 is 18.4. The maximum absolute atomic E-state index is 13.6. The van der Waals surface area contributed by atoms with Crippen LogP contribution in [0.15, 0.2) is 18.2 Å². The van der Waals surface area contributed by atoms with Crippen molar-refractivity contribution in [3.63, 3.8) is 0 Å². The highest BCUT2D eigenvalue weighted by molar-refractivity contribution is 5.94. The molecule has 1 amide bonds. The first kappa shape index (κ1) is 12.4. The molecule has 5 heteroatoms. The van der Waals surface area contributed by atoms with Crippen molar-refractivity contribution in [2.24, 2.45) is 0 Å². The number of carbonyl (C=O) groups excluding carboxylic acids is 1. The van der Waals surface area contributed by atoms with Crippen molar-refractivity contribution in [1.29, 1.82) is 0 Å². The van der Waals surface area contributed by atoms with Crippen LogP contribution in [0, 0.1) is 5.82 Å². The Morgan fingerprint density at radius 1 is 1.62 bits per heavy atom. The number of methoxy groups -OCH3 is 1. The van der Waals surface area contributed by atoms with Gasteiger partial charge in [-0.05, 0) is 19.1 Å². The topological polar surface area (TPSA) is 58.6 Å². The van der Waals surface area contributed by atoms with Crippen molar-refractivity contribution in [3.05, 3.63) is 29.6 Å². The molecule has 0 aliphatic heterocycles. The lowest BCUT2D eigenvalue weighted by atomic mass is 10.2. The summed E-state index contributed by atoms with van der Waals surface area (Å²) in [5.41, 5.74) is -0.0972. The van der Waals surface area contributed by atoms with Gasteiger partial charge in [0, 0.05) is 6.54 Å². The summed E-state index contributed by atoms with van der Waals surface area (Å²) in [6, 6.07) is 4.31. The Morgan fingerprint density at radius 2 is 2.31 bits per heavy atom. The van der Waals surface area contributed by atoms with Gasteiger partial charge in [-0.25, -0.2) is 4.39 Å². The van der Waals surface area contributed by atoms with Crippen LogP contribution < -0.4 is 10.1 Å². The smallest absolute Gasteiger partial charge is 0.254 e. The molecule has 0 spiro atoms. The van der Waals surface area contributed by atoms with Crippen LogP contribution in [0.2, 0.25) is 0 Å². The summed E-state index contributed by atoms with van der Waals surface area (Å²) in [7, 11) is 1.33. The fraction of sp³-hybridized carbons (Fsp3) is 0.364. The number of hydrogen-bond acceptors (Lipinski definition) is 3. The minimum Gasteiger partial charge on any atom is -0.494 e. The van der Waals surface area contributed by atoms with Gasteiger partial charge < -0.3 is 15.2 Å². The Labute approximate surface area is 93.0 Å². The Kier molecular flexibility index (Phi) is 4.25. The number of ether oxygens (including phenoxy) is 1. The predicted octanol–water partition coefficient (Wildman–Crippen LogP) is 0.945. The molecule has 1 rings (SSSR count). The molecule has 1 atom stereocenters. The van der Waals surface area contributed by atoms with Crippen molar-refractivity contribution in [2.45, 2.75) is 13.0 Å². The Hall–Kier alpha value is -1.62. The van der Waals surface area contributed by atoms with Crippen LogP contribution in [-0.4, -0.2) is 30.8 Å². The van der Waals surface area contributed by atoms with Gasteiger partial charge in [0.2, 0.25) is 0 Å². The maximum atomic E-state index is 13.6. The first-order valence-corrected chi connectivity index (χ1v) is 4.85. The molecule has 16 heavy (non-hydrogen) atoms. The molecular formula is C11H14FNO3. The SMILES string of the molecule is COc1cccc(C(=O)NCC(C)O)c1F. The number of aliphatic hydroxyl groups excluding tert-OH is 1. The number of benzene rings is 1. The summed E-state index contributed by atoms with van der Waals surface area (Å²) in [4.78, 5) is 11.5. The average Bonchev–Trinajstić information content (AvgIpc) is 2.26. The molecule has 88 valence electrons. The van der Waals surface area contributed by atoms with Crippen molar-refractivity contribution >= 4 is 5.91 Å². The lowest BCUT2D eigenvalue weighted by Gasteiger charge is -2.09. The van der Waals surface area contributed by atoms with E-state index in [-0.39, 0.29) is 17.9 Å².